The zero-order valence-corrected chi connectivity index (χ0v) is 7.32. The predicted octanol–water partition coefficient (Wildman–Crippen LogP) is -0.386. The van der Waals surface area contributed by atoms with Crippen LogP contribution in [0.5, 0.6) is 0 Å². The van der Waals surface area contributed by atoms with E-state index < -0.39 is 0 Å². The number of carbonyl (C=O) groups excluding carboxylic acids is 1. The molecule has 0 saturated heterocycles. The normalized spacial score (nSPS) is 35.1. The van der Waals surface area contributed by atoms with Gasteiger partial charge in [-0.2, -0.15) is 0 Å². The maximum atomic E-state index is 11.2. The van der Waals surface area contributed by atoms with Gasteiger partial charge < -0.3 is 16.2 Å². The van der Waals surface area contributed by atoms with Gasteiger partial charge in [-0.3, -0.25) is 4.79 Å². The summed E-state index contributed by atoms with van der Waals surface area (Å²) in [5, 5.41) is 0. The van der Waals surface area contributed by atoms with E-state index >= 15 is 0 Å². The van der Waals surface area contributed by atoms with Crippen molar-refractivity contribution >= 4 is 5.97 Å². The minimum atomic E-state index is -0.152. The summed E-state index contributed by atoms with van der Waals surface area (Å²) in [6.07, 6.45) is 1.33. The summed E-state index contributed by atoms with van der Waals surface area (Å²) in [5.41, 5.74) is 11.3. The average molecular weight is 172 g/mol. The summed E-state index contributed by atoms with van der Waals surface area (Å²) in [5.74, 6) is -0.226. The fourth-order valence-corrected chi connectivity index (χ4v) is 1.56. The largest absolute Gasteiger partial charge is 0.466 e. The maximum Gasteiger partial charge on any atom is 0.309 e. The summed E-state index contributed by atoms with van der Waals surface area (Å²) >= 11 is 0. The molecule has 1 aliphatic carbocycles. The fourth-order valence-electron chi connectivity index (χ4n) is 1.56. The second-order valence-corrected chi connectivity index (χ2v) is 3.25. The Balaban J connectivity index is 2.40. The number of carbonyl (C=O) groups is 1. The predicted molar refractivity (Wildman–Crippen MR) is 45.3 cm³/mol. The molecule has 1 saturated carbocycles. The van der Waals surface area contributed by atoms with Crippen LogP contribution in [0.15, 0.2) is 0 Å². The molecular weight excluding hydrogens is 156 g/mol. The minimum Gasteiger partial charge on any atom is -0.466 e. The van der Waals surface area contributed by atoms with Gasteiger partial charge in [0.2, 0.25) is 0 Å². The van der Waals surface area contributed by atoms with Crippen LogP contribution in [-0.4, -0.2) is 24.7 Å². The zero-order valence-electron chi connectivity index (χ0n) is 7.32. The number of ether oxygens (including phenoxy) is 1. The highest BCUT2D eigenvalue weighted by Crippen LogP contribution is 2.24. The molecule has 0 bridgehead atoms. The van der Waals surface area contributed by atoms with E-state index in [2.05, 4.69) is 0 Å². The maximum absolute atomic E-state index is 11.2. The summed E-state index contributed by atoms with van der Waals surface area (Å²) in [7, 11) is 0. The summed E-state index contributed by atoms with van der Waals surface area (Å²) < 4.78 is 4.87. The van der Waals surface area contributed by atoms with Crippen LogP contribution in [0.4, 0.5) is 0 Å². The second-order valence-electron chi connectivity index (χ2n) is 3.25. The molecular formula is C8H16N2O2. The molecule has 0 spiro atoms. The first-order valence-electron chi connectivity index (χ1n) is 4.33. The number of esters is 1. The van der Waals surface area contributed by atoms with Gasteiger partial charge in [-0.1, -0.05) is 0 Å². The first-order chi connectivity index (χ1) is 5.65. The molecule has 0 aromatic rings. The fraction of sp³-hybridized carbons (Fsp3) is 0.875. The Labute approximate surface area is 72.2 Å². The molecule has 0 radical (unpaired) electrons. The minimum absolute atomic E-state index is 0.0422. The number of rotatable bonds is 2. The third-order valence-corrected chi connectivity index (χ3v) is 2.28. The van der Waals surface area contributed by atoms with Crippen molar-refractivity contribution in [2.45, 2.75) is 31.8 Å². The highest BCUT2D eigenvalue weighted by Gasteiger charge is 2.34. The molecule has 0 aromatic heterocycles. The van der Waals surface area contributed by atoms with E-state index in [4.69, 9.17) is 16.2 Å². The topological polar surface area (TPSA) is 78.3 Å². The van der Waals surface area contributed by atoms with Crippen molar-refractivity contribution in [1.29, 1.82) is 0 Å². The molecule has 0 aliphatic heterocycles. The number of hydrogen-bond donors (Lipinski definition) is 2. The lowest BCUT2D eigenvalue weighted by atomic mass is 10.1. The molecule has 70 valence electrons. The van der Waals surface area contributed by atoms with Crippen molar-refractivity contribution in [2.24, 2.45) is 17.4 Å². The summed E-state index contributed by atoms with van der Waals surface area (Å²) in [6, 6.07) is -0.0844. The molecule has 2 atom stereocenters. The van der Waals surface area contributed by atoms with Gasteiger partial charge in [0.1, 0.15) is 0 Å². The first-order valence-corrected chi connectivity index (χ1v) is 4.33. The SMILES string of the molecule is CCOC(=O)C1CC(N)C(N)C1. The molecule has 4 N–H and O–H groups in total. The van der Waals surface area contributed by atoms with E-state index in [1.54, 1.807) is 6.92 Å². The van der Waals surface area contributed by atoms with Crippen molar-refractivity contribution in [3.63, 3.8) is 0 Å². The molecule has 4 nitrogen and oxygen atoms in total. The van der Waals surface area contributed by atoms with Crippen molar-refractivity contribution in [2.75, 3.05) is 6.61 Å². The van der Waals surface area contributed by atoms with Crippen LogP contribution in [0.25, 0.3) is 0 Å². The van der Waals surface area contributed by atoms with Gasteiger partial charge in [-0.05, 0) is 19.8 Å². The van der Waals surface area contributed by atoms with E-state index in [9.17, 15) is 4.79 Å². The lowest BCUT2D eigenvalue weighted by Crippen LogP contribution is -2.35. The average Bonchev–Trinajstić information content (AvgIpc) is 2.33. The molecule has 1 aliphatic rings. The lowest BCUT2D eigenvalue weighted by molar-refractivity contribution is -0.147. The Morgan fingerprint density at radius 3 is 2.33 bits per heavy atom. The second kappa shape index (κ2) is 3.87. The molecule has 0 heterocycles. The Hall–Kier alpha value is -0.610. The summed E-state index contributed by atoms with van der Waals surface area (Å²) in [4.78, 5) is 11.2. The van der Waals surface area contributed by atoms with Crippen LogP contribution in [-0.2, 0) is 9.53 Å². The van der Waals surface area contributed by atoms with Crippen molar-refractivity contribution in [3.8, 4) is 0 Å². The highest BCUT2D eigenvalue weighted by atomic mass is 16.5. The van der Waals surface area contributed by atoms with E-state index in [0.29, 0.717) is 19.4 Å². The van der Waals surface area contributed by atoms with Gasteiger partial charge in [0.25, 0.3) is 0 Å². The van der Waals surface area contributed by atoms with Gasteiger partial charge in [-0.25, -0.2) is 0 Å². The smallest absolute Gasteiger partial charge is 0.309 e. The van der Waals surface area contributed by atoms with Gasteiger partial charge in [-0.15, -0.1) is 0 Å². The Bertz CT molecular complexity index is 162. The van der Waals surface area contributed by atoms with Crippen LogP contribution in [0.1, 0.15) is 19.8 Å². The molecule has 12 heavy (non-hydrogen) atoms. The van der Waals surface area contributed by atoms with Crippen LogP contribution in [0, 0.1) is 5.92 Å². The standard InChI is InChI=1S/C8H16N2O2/c1-2-12-8(11)5-3-6(9)7(10)4-5/h5-7H,2-4,9-10H2,1H3. The third-order valence-electron chi connectivity index (χ3n) is 2.28. The molecule has 2 unspecified atom stereocenters. The molecule has 1 rings (SSSR count). The van der Waals surface area contributed by atoms with Crippen molar-refractivity contribution < 1.29 is 9.53 Å². The molecule has 0 aromatic carbocycles. The Kier molecular flexibility index (Phi) is 3.05. The van der Waals surface area contributed by atoms with Crippen LogP contribution in [0.2, 0.25) is 0 Å². The van der Waals surface area contributed by atoms with E-state index in [0.717, 1.165) is 0 Å². The Morgan fingerprint density at radius 1 is 1.42 bits per heavy atom. The van der Waals surface area contributed by atoms with Crippen LogP contribution >= 0.6 is 0 Å². The summed E-state index contributed by atoms with van der Waals surface area (Å²) in [6.45, 7) is 2.23. The monoisotopic (exact) mass is 172 g/mol. The zero-order chi connectivity index (χ0) is 9.14. The van der Waals surface area contributed by atoms with E-state index in [1.807, 2.05) is 0 Å². The highest BCUT2D eigenvalue weighted by molar-refractivity contribution is 5.73. The molecule has 4 heteroatoms. The van der Waals surface area contributed by atoms with Crippen LogP contribution < -0.4 is 11.5 Å². The van der Waals surface area contributed by atoms with E-state index in [-0.39, 0.29) is 24.0 Å². The molecule has 0 amide bonds. The van der Waals surface area contributed by atoms with E-state index in [1.165, 1.54) is 0 Å². The van der Waals surface area contributed by atoms with Gasteiger partial charge in [0, 0.05) is 12.1 Å². The number of hydrogen-bond acceptors (Lipinski definition) is 4. The first kappa shape index (κ1) is 9.48. The van der Waals surface area contributed by atoms with Crippen LogP contribution in [0.3, 0.4) is 0 Å². The van der Waals surface area contributed by atoms with Gasteiger partial charge in [0.15, 0.2) is 0 Å². The quantitative estimate of drug-likeness (QED) is 0.556. The molecule has 1 fully saturated rings. The number of nitrogens with two attached hydrogens (primary N) is 2. The lowest BCUT2D eigenvalue weighted by Gasteiger charge is -2.07. The van der Waals surface area contributed by atoms with Gasteiger partial charge >= 0.3 is 5.97 Å². The van der Waals surface area contributed by atoms with Gasteiger partial charge in [0.05, 0.1) is 12.5 Å². The Morgan fingerprint density at radius 2 is 1.92 bits per heavy atom. The van der Waals surface area contributed by atoms with Crippen molar-refractivity contribution in [1.82, 2.24) is 0 Å². The van der Waals surface area contributed by atoms with Crippen molar-refractivity contribution in [3.05, 3.63) is 0 Å². The third kappa shape index (κ3) is 1.95.